The lowest BCUT2D eigenvalue weighted by Crippen LogP contribution is -2.22. The van der Waals surface area contributed by atoms with E-state index in [1.54, 1.807) is 0 Å². The Labute approximate surface area is 119 Å². The Morgan fingerprint density at radius 1 is 1.26 bits per heavy atom. The minimum Gasteiger partial charge on any atom is -0.397 e. The summed E-state index contributed by atoms with van der Waals surface area (Å²) in [6.07, 6.45) is 0. The number of anilines is 2. The molecular weight excluding hydrogens is 258 g/mol. The molecule has 0 saturated carbocycles. The molecule has 100 valence electrons. The summed E-state index contributed by atoms with van der Waals surface area (Å²) in [5.74, 6) is 0.902. The highest BCUT2D eigenvalue weighted by atomic mass is 35.5. The third-order valence-corrected chi connectivity index (χ3v) is 3.62. The standard InChI is InChI=1S/C15H18ClN3/c1-10-14(17)7-8-15(18-10)19(3)11(2)12-5-4-6-13(16)9-12/h4-9,11H,17H2,1-3H3. The van der Waals surface area contributed by atoms with E-state index in [2.05, 4.69) is 22.9 Å². The maximum Gasteiger partial charge on any atom is 0.129 e. The van der Waals surface area contributed by atoms with Crippen LogP contribution in [0.1, 0.15) is 24.2 Å². The Hall–Kier alpha value is -1.74. The van der Waals surface area contributed by atoms with Crippen molar-refractivity contribution in [3.05, 3.63) is 52.7 Å². The normalized spacial score (nSPS) is 12.2. The molecule has 0 bridgehead atoms. The summed E-state index contributed by atoms with van der Waals surface area (Å²) < 4.78 is 0. The van der Waals surface area contributed by atoms with Crippen molar-refractivity contribution in [3.8, 4) is 0 Å². The number of halogens is 1. The van der Waals surface area contributed by atoms with Gasteiger partial charge in [-0.1, -0.05) is 23.7 Å². The van der Waals surface area contributed by atoms with Gasteiger partial charge in [-0.05, 0) is 43.7 Å². The predicted octanol–water partition coefficient (Wildman–Crippen LogP) is 3.82. The zero-order valence-electron chi connectivity index (χ0n) is 11.4. The first kappa shape index (κ1) is 13.7. The van der Waals surface area contributed by atoms with Crippen molar-refractivity contribution in [2.75, 3.05) is 17.7 Å². The molecule has 1 atom stereocenters. The van der Waals surface area contributed by atoms with Crippen molar-refractivity contribution < 1.29 is 0 Å². The Balaban J connectivity index is 2.27. The molecule has 1 aromatic heterocycles. The minimum atomic E-state index is 0.189. The zero-order valence-corrected chi connectivity index (χ0v) is 12.1. The first-order valence-electron chi connectivity index (χ1n) is 6.20. The van der Waals surface area contributed by atoms with Crippen LogP contribution >= 0.6 is 11.6 Å². The second kappa shape index (κ2) is 5.49. The van der Waals surface area contributed by atoms with Gasteiger partial charge in [-0.3, -0.25) is 0 Å². The fraction of sp³-hybridized carbons (Fsp3) is 0.267. The summed E-state index contributed by atoms with van der Waals surface area (Å²) in [5.41, 5.74) is 8.52. The largest absolute Gasteiger partial charge is 0.397 e. The van der Waals surface area contributed by atoms with Gasteiger partial charge in [0, 0.05) is 12.1 Å². The van der Waals surface area contributed by atoms with Crippen molar-refractivity contribution >= 4 is 23.1 Å². The van der Waals surface area contributed by atoms with Gasteiger partial charge in [0.2, 0.25) is 0 Å². The number of rotatable bonds is 3. The van der Waals surface area contributed by atoms with Crippen molar-refractivity contribution in [3.63, 3.8) is 0 Å². The van der Waals surface area contributed by atoms with Gasteiger partial charge in [-0.15, -0.1) is 0 Å². The van der Waals surface area contributed by atoms with Crippen LogP contribution in [0.2, 0.25) is 5.02 Å². The number of nitrogens with two attached hydrogens (primary N) is 1. The van der Waals surface area contributed by atoms with Gasteiger partial charge in [-0.25, -0.2) is 4.98 Å². The van der Waals surface area contributed by atoms with Crippen LogP contribution < -0.4 is 10.6 Å². The van der Waals surface area contributed by atoms with E-state index >= 15 is 0 Å². The number of pyridine rings is 1. The molecule has 0 aliphatic carbocycles. The van der Waals surface area contributed by atoms with Crippen molar-refractivity contribution in [2.45, 2.75) is 19.9 Å². The van der Waals surface area contributed by atoms with Crippen molar-refractivity contribution in [2.24, 2.45) is 0 Å². The molecule has 1 aromatic carbocycles. The summed E-state index contributed by atoms with van der Waals surface area (Å²) in [6, 6.07) is 11.9. The number of aromatic nitrogens is 1. The molecular formula is C15H18ClN3. The Morgan fingerprint density at radius 2 is 2.00 bits per heavy atom. The van der Waals surface area contributed by atoms with E-state index in [1.165, 1.54) is 0 Å². The highest BCUT2D eigenvalue weighted by Crippen LogP contribution is 2.26. The molecule has 3 nitrogen and oxygen atoms in total. The molecule has 2 rings (SSSR count). The van der Waals surface area contributed by atoms with Gasteiger partial charge in [0.1, 0.15) is 5.82 Å². The quantitative estimate of drug-likeness (QED) is 0.926. The molecule has 2 N–H and O–H groups in total. The van der Waals surface area contributed by atoms with Gasteiger partial charge in [0.15, 0.2) is 0 Å². The Kier molecular flexibility index (Phi) is 3.96. The van der Waals surface area contributed by atoms with Crippen molar-refractivity contribution in [1.29, 1.82) is 0 Å². The molecule has 0 radical (unpaired) electrons. The van der Waals surface area contributed by atoms with E-state index in [0.29, 0.717) is 5.69 Å². The van der Waals surface area contributed by atoms with Crippen LogP contribution in [0, 0.1) is 6.92 Å². The van der Waals surface area contributed by atoms with Gasteiger partial charge in [0.05, 0.1) is 17.4 Å². The molecule has 0 spiro atoms. The Morgan fingerprint density at radius 3 is 2.63 bits per heavy atom. The summed E-state index contributed by atoms with van der Waals surface area (Å²) in [6.45, 7) is 4.04. The number of hydrogen-bond acceptors (Lipinski definition) is 3. The molecule has 4 heteroatoms. The van der Waals surface area contributed by atoms with E-state index in [-0.39, 0.29) is 6.04 Å². The Bertz CT molecular complexity index is 583. The van der Waals surface area contributed by atoms with Gasteiger partial charge in [-0.2, -0.15) is 0 Å². The SMILES string of the molecule is Cc1nc(N(C)C(C)c2cccc(Cl)c2)ccc1N. The summed E-state index contributed by atoms with van der Waals surface area (Å²) >= 11 is 6.03. The van der Waals surface area contributed by atoms with Crippen LogP contribution in [0.25, 0.3) is 0 Å². The lowest BCUT2D eigenvalue weighted by atomic mass is 10.1. The van der Waals surface area contributed by atoms with Crippen LogP contribution in [-0.4, -0.2) is 12.0 Å². The van der Waals surface area contributed by atoms with Crippen LogP contribution in [0.15, 0.2) is 36.4 Å². The second-order valence-electron chi connectivity index (χ2n) is 4.69. The topological polar surface area (TPSA) is 42.2 Å². The lowest BCUT2D eigenvalue weighted by Gasteiger charge is -2.27. The number of aryl methyl sites for hydroxylation is 1. The number of benzene rings is 1. The summed E-state index contributed by atoms with van der Waals surface area (Å²) in [4.78, 5) is 6.62. The molecule has 0 saturated heterocycles. The molecule has 0 aliphatic rings. The third kappa shape index (κ3) is 2.99. The van der Waals surface area contributed by atoms with Crippen LogP contribution in [0.3, 0.4) is 0 Å². The number of hydrogen-bond donors (Lipinski definition) is 1. The predicted molar refractivity (Wildman–Crippen MR) is 81.7 cm³/mol. The van der Waals surface area contributed by atoms with Crippen molar-refractivity contribution in [1.82, 2.24) is 4.98 Å². The number of nitrogen functional groups attached to an aromatic ring is 1. The molecule has 1 unspecified atom stereocenters. The fourth-order valence-electron chi connectivity index (χ4n) is 1.94. The maximum atomic E-state index is 6.03. The van der Waals surface area contributed by atoms with Crippen LogP contribution in [-0.2, 0) is 0 Å². The lowest BCUT2D eigenvalue weighted by molar-refractivity contribution is 0.727. The molecule has 0 aliphatic heterocycles. The van der Waals surface area contributed by atoms with E-state index in [1.807, 2.05) is 44.3 Å². The van der Waals surface area contributed by atoms with Gasteiger partial charge >= 0.3 is 0 Å². The van der Waals surface area contributed by atoms with E-state index in [4.69, 9.17) is 17.3 Å². The molecule has 2 aromatic rings. The maximum absolute atomic E-state index is 6.03. The van der Waals surface area contributed by atoms with Gasteiger partial charge in [0.25, 0.3) is 0 Å². The highest BCUT2D eigenvalue weighted by molar-refractivity contribution is 6.30. The van der Waals surface area contributed by atoms with E-state index in [0.717, 1.165) is 22.1 Å². The zero-order chi connectivity index (χ0) is 14.0. The molecule has 1 heterocycles. The summed E-state index contributed by atoms with van der Waals surface area (Å²) in [5, 5.41) is 0.749. The van der Waals surface area contributed by atoms with Crippen LogP contribution in [0.5, 0.6) is 0 Å². The minimum absolute atomic E-state index is 0.189. The highest BCUT2D eigenvalue weighted by Gasteiger charge is 2.14. The fourth-order valence-corrected chi connectivity index (χ4v) is 2.14. The monoisotopic (exact) mass is 275 g/mol. The molecule has 19 heavy (non-hydrogen) atoms. The van der Waals surface area contributed by atoms with Crippen LogP contribution in [0.4, 0.5) is 11.5 Å². The average Bonchev–Trinajstić information content (AvgIpc) is 2.40. The average molecular weight is 276 g/mol. The summed E-state index contributed by atoms with van der Waals surface area (Å²) in [7, 11) is 2.02. The first-order valence-corrected chi connectivity index (χ1v) is 6.58. The first-order chi connectivity index (χ1) is 8.99. The second-order valence-corrected chi connectivity index (χ2v) is 5.12. The van der Waals surface area contributed by atoms with E-state index < -0.39 is 0 Å². The number of nitrogens with zero attached hydrogens (tertiary/aromatic N) is 2. The molecule has 0 fully saturated rings. The smallest absolute Gasteiger partial charge is 0.129 e. The third-order valence-electron chi connectivity index (χ3n) is 3.39. The van der Waals surface area contributed by atoms with E-state index in [9.17, 15) is 0 Å². The van der Waals surface area contributed by atoms with Gasteiger partial charge < -0.3 is 10.6 Å². The molecule has 0 amide bonds.